The molecular formula is C21H28N6O3. The van der Waals surface area contributed by atoms with Crippen LogP contribution in [0.25, 0.3) is 0 Å². The highest BCUT2D eigenvalue weighted by Crippen LogP contribution is 2.40. The first-order chi connectivity index (χ1) is 14.4. The van der Waals surface area contributed by atoms with Crippen LogP contribution in [0.3, 0.4) is 0 Å². The average Bonchev–Trinajstić information content (AvgIpc) is 3.34. The van der Waals surface area contributed by atoms with Crippen molar-refractivity contribution in [2.75, 3.05) is 37.7 Å². The molecule has 0 aromatic carbocycles. The van der Waals surface area contributed by atoms with E-state index in [1.807, 2.05) is 18.1 Å². The molecule has 5 rings (SSSR count). The maximum absolute atomic E-state index is 12.9. The summed E-state index contributed by atoms with van der Waals surface area (Å²) in [5.41, 5.74) is 2.23. The SMILES string of the molecule is CC1CN(c2ncc3c(n2)C2(CCN(C(=O)c4ccn(C)n4)C2)COC3)CC(C)O1. The molecule has 1 spiro atoms. The summed E-state index contributed by atoms with van der Waals surface area (Å²) in [5, 5.41) is 4.27. The zero-order chi connectivity index (χ0) is 20.9. The molecule has 30 heavy (non-hydrogen) atoms. The third kappa shape index (κ3) is 3.35. The molecule has 9 nitrogen and oxygen atoms in total. The first-order valence-corrected chi connectivity index (χ1v) is 10.6. The number of fused-ring (bicyclic) bond motifs is 2. The highest BCUT2D eigenvalue weighted by atomic mass is 16.5. The predicted molar refractivity (Wildman–Crippen MR) is 109 cm³/mol. The lowest BCUT2D eigenvalue weighted by atomic mass is 9.80. The van der Waals surface area contributed by atoms with Gasteiger partial charge in [0, 0.05) is 51.2 Å². The summed E-state index contributed by atoms with van der Waals surface area (Å²) in [6.45, 7) is 8.04. The Kier molecular flexibility index (Phi) is 4.74. The van der Waals surface area contributed by atoms with Gasteiger partial charge in [0.25, 0.3) is 5.91 Å². The summed E-state index contributed by atoms with van der Waals surface area (Å²) in [4.78, 5) is 26.7. The van der Waals surface area contributed by atoms with Crippen LogP contribution in [0.1, 0.15) is 42.0 Å². The number of carbonyl (C=O) groups excluding carboxylic acids is 1. The van der Waals surface area contributed by atoms with E-state index in [0.717, 1.165) is 36.7 Å². The smallest absolute Gasteiger partial charge is 0.274 e. The molecule has 160 valence electrons. The minimum absolute atomic E-state index is 0.0373. The van der Waals surface area contributed by atoms with Gasteiger partial charge >= 0.3 is 0 Å². The minimum atomic E-state index is -0.292. The lowest BCUT2D eigenvalue weighted by molar-refractivity contribution is -0.00584. The molecule has 2 fully saturated rings. The number of hydrogen-bond donors (Lipinski definition) is 0. The molecule has 0 N–H and O–H groups in total. The molecule has 3 aliphatic heterocycles. The first kappa shape index (κ1) is 19.4. The fourth-order valence-electron chi connectivity index (χ4n) is 4.93. The summed E-state index contributed by atoms with van der Waals surface area (Å²) in [7, 11) is 1.82. The highest BCUT2D eigenvalue weighted by molar-refractivity contribution is 5.92. The summed E-state index contributed by atoms with van der Waals surface area (Å²) in [5.74, 6) is 0.705. The Balaban J connectivity index is 1.42. The standard InChI is InChI=1S/C21H28N6O3/c1-14-9-27(10-15(2)30-14)20-22-8-16-11-29-13-21(18(16)23-20)5-7-26(12-21)19(28)17-4-6-25(3)24-17/h4,6,8,14-15H,5,7,9-13H2,1-3H3. The van der Waals surface area contributed by atoms with E-state index < -0.39 is 0 Å². The fourth-order valence-corrected chi connectivity index (χ4v) is 4.93. The van der Waals surface area contributed by atoms with Crippen LogP contribution in [-0.2, 0) is 28.5 Å². The van der Waals surface area contributed by atoms with E-state index in [2.05, 4.69) is 28.8 Å². The molecule has 3 atom stereocenters. The molecule has 5 heterocycles. The Morgan fingerprint density at radius 3 is 2.80 bits per heavy atom. The van der Waals surface area contributed by atoms with Crippen molar-refractivity contribution in [1.29, 1.82) is 0 Å². The number of ether oxygens (including phenoxy) is 2. The quantitative estimate of drug-likeness (QED) is 0.731. The van der Waals surface area contributed by atoms with Gasteiger partial charge in [0.1, 0.15) is 5.69 Å². The van der Waals surface area contributed by atoms with Crippen LogP contribution in [0.2, 0.25) is 0 Å². The number of rotatable bonds is 2. The van der Waals surface area contributed by atoms with Crippen LogP contribution in [0.4, 0.5) is 5.95 Å². The zero-order valence-electron chi connectivity index (χ0n) is 17.7. The molecule has 0 aliphatic carbocycles. The van der Waals surface area contributed by atoms with Gasteiger partial charge in [-0.2, -0.15) is 5.10 Å². The number of morpholine rings is 1. The van der Waals surface area contributed by atoms with Crippen molar-refractivity contribution in [1.82, 2.24) is 24.6 Å². The Hall–Kier alpha value is -2.52. The fraction of sp³-hybridized carbons (Fsp3) is 0.619. The van der Waals surface area contributed by atoms with Gasteiger partial charge in [0.2, 0.25) is 5.95 Å². The Morgan fingerprint density at radius 2 is 2.07 bits per heavy atom. The molecule has 2 aromatic heterocycles. The van der Waals surface area contributed by atoms with Crippen LogP contribution in [0, 0.1) is 0 Å². The van der Waals surface area contributed by atoms with Crippen LogP contribution in [0.5, 0.6) is 0 Å². The van der Waals surface area contributed by atoms with Gasteiger partial charge in [-0.3, -0.25) is 9.48 Å². The number of anilines is 1. The second kappa shape index (κ2) is 7.31. The number of aryl methyl sites for hydroxylation is 1. The van der Waals surface area contributed by atoms with Gasteiger partial charge < -0.3 is 19.3 Å². The second-order valence-electron chi connectivity index (χ2n) is 8.83. The van der Waals surface area contributed by atoms with E-state index in [0.29, 0.717) is 32.0 Å². The van der Waals surface area contributed by atoms with Crippen molar-refractivity contribution in [2.45, 2.75) is 44.5 Å². The van der Waals surface area contributed by atoms with Crippen molar-refractivity contribution in [3.8, 4) is 0 Å². The van der Waals surface area contributed by atoms with Crippen molar-refractivity contribution in [3.05, 3.63) is 35.4 Å². The van der Waals surface area contributed by atoms with E-state index in [4.69, 9.17) is 14.5 Å². The van der Waals surface area contributed by atoms with E-state index in [1.165, 1.54) is 0 Å². The van der Waals surface area contributed by atoms with E-state index in [1.54, 1.807) is 16.9 Å². The average molecular weight is 412 g/mol. The molecule has 0 radical (unpaired) electrons. The van der Waals surface area contributed by atoms with Gasteiger partial charge in [-0.1, -0.05) is 0 Å². The molecule has 0 saturated carbocycles. The molecule has 0 bridgehead atoms. The van der Waals surface area contributed by atoms with Crippen LogP contribution in [0.15, 0.2) is 18.5 Å². The molecule has 2 aromatic rings. The van der Waals surface area contributed by atoms with Crippen molar-refractivity contribution < 1.29 is 14.3 Å². The molecule has 9 heteroatoms. The zero-order valence-corrected chi connectivity index (χ0v) is 17.7. The van der Waals surface area contributed by atoms with Crippen molar-refractivity contribution in [2.24, 2.45) is 7.05 Å². The van der Waals surface area contributed by atoms with Gasteiger partial charge in [-0.05, 0) is 26.3 Å². The van der Waals surface area contributed by atoms with Crippen molar-refractivity contribution in [3.63, 3.8) is 0 Å². The third-order valence-corrected chi connectivity index (χ3v) is 6.27. The summed E-state index contributed by atoms with van der Waals surface area (Å²) < 4.78 is 13.4. The number of carbonyl (C=O) groups is 1. The maximum atomic E-state index is 12.9. The largest absolute Gasteiger partial charge is 0.376 e. The lowest BCUT2D eigenvalue weighted by Gasteiger charge is -2.38. The van der Waals surface area contributed by atoms with Gasteiger partial charge in [0.05, 0.1) is 36.5 Å². The lowest BCUT2D eigenvalue weighted by Crippen LogP contribution is -2.47. The molecular weight excluding hydrogens is 384 g/mol. The topological polar surface area (TPSA) is 85.6 Å². The summed E-state index contributed by atoms with van der Waals surface area (Å²) in [6.07, 6.45) is 4.80. The van der Waals surface area contributed by atoms with Crippen LogP contribution < -0.4 is 4.90 Å². The van der Waals surface area contributed by atoms with E-state index in [-0.39, 0.29) is 23.5 Å². The first-order valence-electron chi connectivity index (χ1n) is 10.6. The number of nitrogens with zero attached hydrogens (tertiary/aromatic N) is 6. The summed E-state index contributed by atoms with van der Waals surface area (Å²) >= 11 is 0. The molecule has 3 unspecified atom stereocenters. The number of aromatic nitrogens is 4. The Morgan fingerprint density at radius 1 is 1.27 bits per heavy atom. The Bertz CT molecular complexity index is 952. The second-order valence-corrected chi connectivity index (χ2v) is 8.83. The van der Waals surface area contributed by atoms with Gasteiger partial charge in [-0.15, -0.1) is 0 Å². The number of amides is 1. The highest BCUT2D eigenvalue weighted by Gasteiger charge is 2.47. The monoisotopic (exact) mass is 412 g/mol. The summed E-state index contributed by atoms with van der Waals surface area (Å²) in [6, 6.07) is 1.76. The van der Waals surface area contributed by atoms with Crippen molar-refractivity contribution >= 4 is 11.9 Å². The predicted octanol–water partition coefficient (Wildman–Crippen LogP) is 1.14. The normalized spacial score (nSPS) is 28.8. The maximum Gasteiger partial charge on any atom is 0.274 e. The third-order valence-electron chi connectivity index (χ3n) is 6.27. The minimum Gasteiger partial charge on any atom is -0.376 e. The number of hydrogen-bond acceptors (Lipinski definition) is 7. The van der Waals surface area contributed by atoms with Crippen LogP contribution >= 0.6 is 0 Å². The van der Waals surface area contributed by atoms with E-state index in [9.17, 15) is 4.79 Å². The Labute approximate surface area is 176 Å². The van der Waals surface area contributed by atoms with Crippen LogP contribution in [-0.4, -0.2) is 75.5 Å². The molecule has 1 amide bonds. The van der Waals surface area contributed by atoms with E-state index >= 15 is 0 Å². The van der Waals surface area contributed by atoms with Gasteiger partial charge in [-0.25, -0.2) is 9.97 Å². The van der Waals surface area contributed by atoms with Gasteiger partial charge in [0.15, 0.2) is 0 Å². The molecule has 3 aliphatic rings. The molecule has 2 saturated heterocycles. The number of likely N-dealkylation sites (tertiary alicyclic amines) is 1.